The molecule has 1 aromatic rings. The number of anilines is 1. The van der Waals surface area contributed by atoms with Crippen molar-refractivity contribution in [1.82, 2.24) is 9.78 Å². The van der Waals surface area contributed by atoms with Crippen LogP contribution in [-0.2, 0) is 11.8 Å². The van der Waals surface area contributed by atoms with E-state index in [2.05, 4.69) is 16.5 Å². The molecule has 18 heavy (non-hydrogen) atoms. The average Bonchev–Trinajstić information content (AvgIpc) is 2.74. The maximum atomic E-state index is 12.3. The first-order valence-corrected chi connectivity index (χ1v) is 6.30. The molecule has 5 heteroatoms. The molecule has 0 aliphatic carbocycles. The van der Waals surface area contributed by atoms with Gasteiger partial charge in [0.15, 0.2) is 0 Å². The Morgan fingerprint density at radius 3 is 2.50 bits per heavy atom. The first-order valence-electron chi connectivity index (χ1n) is 6.30. The Morgan fingerprint density at radius 2 is 2.11 bits per heavy atom. The summed E-state index contributed by atoms with van der Waals surface area (Å²) in [7, 11) is 1.75. The SMILES string of the molecule is CCCC(C#N)(CCC)C(=O)Nc1ccnn1C. The Labute approximate surface area is 108 Å². The molecule has 0 atom stereocenters. The highest BCUT2D eigenvalue weighted by molar-refractivity contribution is 5.96. The Morgan fingerprint density at radius 1 is 1.50 bits per heavy atom. The number of hydrogen-bond acceptors (Lipinski definition) is 3. The van der Waals surface area contributed by atoms with Crippen LogP contribution in [0.5, 0.6) is 0 Å². The number of carbonyl (C=O) groups excluding carboxylic acids is 1. The summed E-state index contributed by atoms with van der Waals surface area (Å²) < 4.78 is 1.58. The third-order valence-corrected chi connectivity index (χ3v) is 3.06. The molecule has 0 radical (unpaired) electrons. The molecular weight excluding hydrogens is 228 g/mol. The van der Waals surface area contributed by atoms with Crippen LogP contribution in [0.2, 0.25) is 0 Å². The summed E-state index contributed by atoms with van der Waals surface area (Å²) in [6.45, 7) is 3.97. The second-order valence-electron chi connectivity index (χ2n) is 4.49. The van der Waals surface area contributed by atoms with Gasteiger partial charge in [0, 0.05) is 13.1 Å². The van der Waals surface area contributed by atoms with Crippen LogP contribution in [0.3, 0.4) is 0 Å². The van der Waals surface area contributed by atoms with Gasteiger partial charge in [-0.25, -0.2) is 0 Å². The first-order chi connectivity index (χ1) is 8.59. The number of nitrogens with zero attached hydrogens (tertiary/aromatic N) is 3. The molecule has 1 N–H and O–H groups in total. The number of nitrogens with one attached hydrogen (secondary N) is 1. The van der Waals surface area contributed by atoms with Gasteiger partial charge in [-0.15, -0.1) is 0 Å². The molecule has 0 bridgehead atoms. The van der Waals surface area contributed by atoms with E-state index in [1.165, 1.54) is 0 Å². The summed E-state index contributed by atoms with van der Waals surface area (Å²) in [5.74, 6) is 0.393. The number of amides is 1. The predicted molar refractivity (Wildman–Crippen MR) is 69.7 cm³/mol. The topological polar surface area (TPSA) is 70.7 Å². The quantitative estimate of drug-likeness (QED) is 0.840. The minimum Gasteiger partial charge on any atom is -0.310 e. The lowest BCUT2D eigenvalue weighted by Gasteiger charge is -2.24. The number of nitriles is 1. The Balaban J connectivity index is 2.89. The van der Waals surface area contributed by atoms with Gasteiger partial charge in [-0.2, -0.15) is 10.4 Å². The smallest absolute Gasteiger partial charge is 0.245 e. The number of aryl methyl sites for hydroxylation is 1. The van der Waals surface area contributed by atoms with E-state index in [1.807, 2.05) is 13.8 Å². The molecule has 5 nitrogen and oxygen atoms in total. The molecule has 0 aliphatic heterocycles. The van der Waals surface area contributed by atoms with E-state index in [9.17, 15) is 10.1 Å². The highest BCUT2D eigenvalue weighted by atomic mass is 16.2. The maximum absolute atomic E-state index is 12.3. The molecular formula is C13H20N4O. The zero-order valence-corrected chi connectivity index (χ0v) is 11.2. The van der Waals surface area contributed by atoms with Crippen molar-refractivity contribution >= 4 is 11.7 Å². The van der Waals surface area contributed by atoms with E-state index in [4.69, 9.17) is 0 Å². The van der Waals surface area contributed by atoms with E-state index in [0.717, 1.165) is 12.8 Å². The summed E-state index contributed by atoms with van der Waals surface area (Å²) in [5.41, 5.74) is -0.923. The van der Waals surface area contributed by atoms with E-state index in [0.29, 0.717) is 18.7 Å². The molecule has 0 saturated carbocycles. The van der Waals surface area contributed by atoms with Gasteiger partial charge in [0.1, 0.15) is 11.2 Å². The molecule has 0 aromatic carbocycles. The second-order valence-corrected chi connectivity index (χ2v) is 4.49. The first kappa shape index (κ1) is 14.2. The molecule has 0 spiro atoms. The molecule has 1 amide bonds. The molecule has 0 aliphatic rings. The maximum Gasteiger partial charge on any atom is 0.245 e. The van der Waals surface area contributed by atoms with Crippen molar-refractivity contribution in [3.63, 3.8) is 0 Å². The fourth-order valence-electron chi connectivity index (χ4n) is 2.10. The van der Waals surface area contributed by atoms with Gasteiger partial charge in [-0.1, -0.05) is 26.7 Å². The Hall–Kier alpha value is -1.83. The van der Waals surface area contributed by atoms with Crippen molar-refractivity contribution < 1.29 is 4.79 Å². The Bertz CT molecular complexity index is 438. The van der Waals surface area contributed by atoms with Crippen LogP contribution >= 0.6 is 0 Å². The fraction of sp³-hybridized carbons (Fsp3) is 0.615. The lowest BCUT2D eigenvalue weighted by molar-refractivity contribution is -0.123. The lowest BCUT2D eigenvalue weighted by atomic mass is 9.80. The van der Waals surface area contributed by atoms with Crippen LogP contribution in [0.25, 0.3) is 0 Å². The molecule has 0 fully saturated rings. The second kappa shape index (κ2) is 6.20. The van der Waals surface area contributed by atoms with E-state index in [1.54, 1.807) is 24.0 Å². The highest BCUT2D eigenvalue weighted by Gasteiger charge is 2.37. The average molecular weight is 248 g/mol. The number of carbonyl (C=O) groups is 1. The van der Waals surface area contributed by atoms with Crippen LogP contribution in [0.4, 0.5) is 5.82 Å². The van der Waals surface area contributed by atoms with Gasteiger partial charge in [0.05, 0.1) is 12.3 Å². The lowest BCUT2D eigenvalue weighted by Crippen LogP contribution is -2.35. The summed E-state index contributed by atoms with van der Waals surface area (Å²) >= 11 is 0. The molecule has 98 valence electrons. The number of aromatic nitrogens is 2. The number of hydrogen-bond donors (Lipinski definition) is 1. The summed E-state index contributed by atoms with van der Waals surface area (Å²) in [6, 6.07) is 3.93. The summed E-state index contributed by atoms with van der Waals surface area (Å²) in [6.07, 6.45) is 4.41. The third kappa shape index (κ3) is 2.89. The monoisotopic (exact) mass is 248 g/mol. The van der Waals surface area contributed by atoms with Crippen LogP contribution in [0.15, 0.2) is 12.3 Å². The van der Waals surface area contributed by atoms with Crippen LogP contribution in [0, 0.1) is 16.7 Å². The van der Waals surface area contributed by atoms with Gasteiger partial charge in [-0.3, -0.25) is 9.48 Å². The number of rotatable bonds is 6. The van der Waals surface area contributed by atoms with Crippen molar-refractivity contribution in [2.75, 3.05) is 5.32 Å². The molecule has 0 saturated heterocycles. The largest absolute Gasteiger partial charge is 0.310 e. The molecule has 1 heterocycles. The van der Waals surface area contributed by atoms with E-state index < -0.39 is 5.41 Å². The van der Waals surface area contributed by atoms with Crippen molar-refractivity contribution in [1.29, 1.82) is 5.26 Å². The van der Waals surface area contributed by atoms with Crippen LogP contribution < -0.4 is 5.32 Å². The summed E-state index contributed by atoms with van der Waals surface area (Å²) in [4.78, 5) is 12.3. The van der Waals surface area contributed by atoms with Gasteiger partial charge in [-0.05, 0) is 12.8 Å². The van der Waals surface area contributed by atoms with Crippen molar-refractivity contribution in [2.45, 2.75) is 39.5 Å². The van der Waals surface area contributed by atoms with Crippen LogP contribution in [-0.4, -0.2) is 15.7 Å². The highest BCUT2D eigenvalue weighted by Crippen LogP contribution is 2.30. The normalized spacial score (nSPS) is 11.0. The van der Waals surface area contributed by atoms with Crippen LogP contribution in [0.1, 0.15) is 39.5 Å². The minimum absolute atomic E-state index is 0.225. The molecule has 1 rings (SSSR count). The van der Waals surface area contributed by atoms with Crippen molar-refractivity contribution in [2.24, 2.45) is 12.5 Å². The van der Waals surface area contributed by atoms with Gasteiger partial charge < -0.3 is 5.32 Å². The van der Waals surface area contributed by atoms with Crippen molar-refractivity contribution in [3.05, 3.63) is 12.3 Å². The third-order valence-electron chi connectivity index (χ3n) is 3.06. The Kier molecular flexibility index (Phi) is 4.90. The van der Waals surface area contributed by atoms with Gasteiger partial charge >= 0.3 is 0 Å². The molecule has 1 aromatic heterocycles. The van der Waals surface area contributed by atoms with E-state index >= 15 is 0 Å². The zero-order chi connectivity index (χ0) is 13.6. The minimum atomic E-state index is -0.923. The predicted octanol–water partition coefficient (Wildman–Crippen LogP) is 2.47. The standard InChI is InChI=1S/C13H20N4O/c1-4-7-13(10-14,8-5-2)12(18)16-11-6-9-15-17(11)3/h6,9H,4-5,7-8H2,1-3H3,(H,16,18). The fourth-order valence-corrected chi connectivity index (χ4v) is 2.10. The van der Waals surface area contributed by atoms with Gasteiger partial charge in [0.25, 0.3) is 0 Å². The molecule has 0 unspecified atom stereocenters. The van der Waals surface area contributed by atoms with Gasteiger partial charge in [0.2, 0.25) is 5.91 Å². The summed E-state index contributed by atoms with van der Waals surface area (Å²) in [5, 5.41) is 16.2. The van der Waals surface area contributed by atoms with Crippen molar-refractivity contribution in [3.8, 4) is 6.07 Å². The van der Waals surface area contributed by atoms with E-state index in [-0.39, 0.29) is 5.91 Å². The zero-order valence-electron chi connectivity index (χ0n) is 11.2.